The van der Waals surface area contributed by atoms with Gasteiger partial charge in [0.25, 0.3) is 0 Å². The Kier molecular flexibility index (Phi) is 2.91. The van der Waals surface area contributed by atoms with Crippen molar-refractivity contribution < 1.29 is 14.6 Å². The Labute approximate surface area is 83.8 Å². The van der Waals surface area contributed by atoms with Gasteiger partial charge in [0.2, 0.25) is 0 Å². The highest BCUT2D eigenvalue weighted by atomic mass is 16.6. The number of aliphatic hydroxyl groups is 1. The van der Waals surface area contributed by atoms with Crippen molar-refractivity contribution in [3.05, 3.63) is 0 Å². The number of carbonyl (C=O) groups excluding carboxylic acids is 1. The molecule has 1 aliphatic carbocycles. The van der Waals surface area contributed by atoms with Gasteiger partial charge in [-0.25, -0.2) is 4.79 Å². The van der Waals surface area contributed by atoms with Crippen molar-refractivity contribution in [3.63, 3.8) is 0 Å². The summed E-state index contributed by atoms with van der Waals surface area (Å²) in [6.07, 6.45) is 5.06. The molecule has 0 aromatic heterocycles. The first kappa shape index (κ1) is 9.77. The molecule has 1 aliphatic heterocycles. The van der Waals surface area contributed by atoms with Crippen molar-refractivity contribution in [2.75, 3.05) is 13.2 Å². The number of amides is 1. The third-order valence-corrected chi connectivity index (χ3v) is 3.18. The molecule has 2 aliphatic rings. The third kappa shape index (κ3) is 1.71. The number of ether oxygens (including phenoxy) is 1. The van der Waals surface area contributed by atoms with E-state index in [-0.39, 0.29) is 18.7 Å². The molecule has 1 heterocycles. The fourth-order valence-corrected chi connectivity index (χ4v) is 2.47. The summed E-state index contributed by atoms with van der Waals surface area (Å²) in [5.41, 5.74) is 0. The van der Waals surface area contributed by atoms with Crippen molar-refractivity contribution >= 4 is 6.09 Å². The second kappa shape index (κ2) is 4.17. The van der Waals surface area contributed by atoms with Crippen LogP contribution in [-0.2, 0) is 4.74 Å². The Balaban J connectivity index is 2.00. The quantitative estimate of drug-likeness (QED) is 0.741. The Bertz CT molecular complexity index is 213. The van der Waals surface area contributed by atoms with Gasteiger partial charge in [0.1, 0.15) is 6.61 Å². The van der Waals surface area contributed by atoms with Crippen LogP contribution in [0, 0.1) is 0 Å². The van der Waals surface area contributed by atoms with Crippen LogP contribution in [0.15, 0.2) is 0 Å². The highest BCUT2D eigenvalue weighted by molar-refractivity contribution is 5.70. The highest BCUT2D eigenvalue weighted by Crippen LogP contribution is 2.29. The van der Waals surface area contributed by atoms with Crippen LogP contribution in [0.3, 0.4) is 0 Å². The molecule has 0 aromatic rings. The van der Waals surface area contributed by atoms with Gasteiger partial charge >= 0.3 is 6.09 Å². The van der Waals surface area contributed by atoms with Crippen LogP contribution in [0.5, 0.6) is 0 Å². The molecular weight excluding hydrogens is 182 g/mol. The van der Waals surface area contributed by atoms with Crippen LogP contribution in [0.25, 0.3) is 0 Å². The van der Waals surface area contributed by atoms with Crippen molar-refractivity contribution in [1.29, 1.82) is 0 Å². The molecular formula is C10H17NO3. The molecule has 0 aromatic carbocycles. The van der Waals surface area contributed by atoms with Crippen LogP contribution in [-0.4, -0.2) is 41.4 Å². The number of cyclic esters (lactones) is 1. The molecule has 1 saturated carbocycles. The molecule has 2 rings (SSSR count). The van der Waals surface area contributed by atoms with E-state index in [0.29, 0.717) is 19.1 Å². The van der Waals surface area contributed by atoms with Gasteiger partial charge in [-0.2, -0.15) is 0 Å². The van der Waals surface area contributed by atoms with E-state index in [1.165, 1.54) is 12.8 Å². The summed E-state index contributed by atoms with van der Waals surface area (Å²) in [6, 6.07) is 0.470. The minimum atomic E-state index is -0.185. The number of carbonyl (C=O) groups is 1. The van der Waals surface area contributed by atoms with E-state index < -0.39 is 0 Å². The first-order valence-electron chi connectivity index (χ1n) is 5.39. The highest BCUT2D eigenvalue weighted by Gasteiger charge is 2.38. The SMILES string of the molecule is O=C1OCC(CCO)N1C1CCCC1. The van der Waals surface area contributed by atoms with Crippen LogP contribution in [0.4, 0.5) is 4.79 Å². The zero-order chi connectivity index (χ0) is 9.97. The maximum Gasteiger partial charge on any atom is 0.410 e. The second-order valence-corrected chi connectivity index (χ2v) is 4.09. The van der Waals surface area contributed by atoms with Crippen LogP contribution in [0.1, 0.15) is 32.1 Å². The van der Waals surface area contributed by atoms with Crippen LogP contribution < -0.4 is 0 Å². The molecule has 14 heavy (non-hydrogen) atoms. The standard InChI is InChI=1S/C10H17NO3/c12-6-5-9-7-14-10(13)11(9)8-3-1-2-4-8/h8-9,12H,1-7H2. The predicted octanol–water partition coefficient (Wildman–Crippen LogP) is 1.13. The van der Waals surface area contributed by atoms with Gasteiger partial charge in [-0.05, 0) is 19.3 Å². The lowest BCUT2D eigenvalue weighted by Gasteiger charge is -2.26. The Morgan fingerprint density at radius 1 is 1.43 bits per heavy atom. The van der Waals surface area contributed by atoms with Crippen molar-refractivity contribution in [1.82, 2.24) is 4.90 Å². The summed E-state index contributed by atoms with van der Waals surface area (Å²) in [5.74, 6) is 0. The third-order valence-electron chi connectivity index (χ3n) is 3.18. The van der Waals surface area contributed by atoms with E-state index in [1.54, 1.807) is 0 Å². The van der Waals surface area contributed by atoms with E-state index >= 15 is 0 Å². The normalized spacial score (nSPS) is 28.5. The molecule has 1 saturated heterocycles. The van der Waals surface area contributed by atoms with E-state index in [9.17, 15) is 4.79 Å². The van der Waals surface area contributed by atoms with E-state index in [2.05, 4.69) is 0 Å². The van der Waals surface area contributed by atoms with Crippen molar-refractivity contribution in [2.45, 2.75) is 44.2 Å². The summed E-state index contributed by atoms with van der Waals surface area (Å²) in [5, 5.41) is 8.88. The first-order chi connectivity index (χ1) is 6.83. The Hall–Kier alpha value is -0.770. The Morgan fingerprint density at radius 2 is 2.14 bits per heavy atom. The van der Waals surface area contributed by atoms with E-state index in [4.69, 9.17) is 9.84 Å². The summed E-state index contributed by atoms with van der Waals surface area (Å²) in [4.78, 5) is 13.3. The lowest BCUT2D eigenvalue weighted by atomic mass is 10.1. The van der Waals surface area contributed by atoms with E-state index in [1.807, 2.05) is 4.90 Å². The molecule has 0 bridgehead atoms. The maximum atomic E-state index is 11.5. The van der Waals surface area contributed by atoms with Gasteiger partial charge in [0.15, 0.2) is 0 Å². The molecule has 1 atom stereocenters. The summed E-state index contributed by atoms with van der Waals surface area (Å²) in [7, 11) is 0. The number of hydrogen-bond acceptors (Lipinski definition) is 3. The molecule has 0 radical (unpaired) electrons. The second-order valence-electron chi connectivity index (χ2n) is 4.09. The average Bonchev–Trinajstić information content (AvgIpc) is 2.76. The molecule has 2 fully saturated rings. The van der Waals surface area contributed by atoms with Gasteiger partial charge in [-0.3, -0.25) is 4.90 Å². The van der Waals surface area contributed by atoms with Crippen molar-refractivity contribution in [2.24, 2.45) is 0 Å². The van der Waals surface area contributed by atoms with Gasteiger partial charge in [-0.1, -0.05) is 12.8 Å². The van der Waals surface area contributed by atoms with Gasteiger partial charge < -0.3 is 9.84 Å². The summed E-state index contributed by atoms with van der Waals surface area (Å²) >= 11 is 0. The maximum absolute atomic E-state index is 11.5. The molecule has 0 spiro atoms. The number of hydrogen-bond donors (Lipinski definition) is 1. The molecule has 80 valence electrons. The van der Waals surface area contributed by atoms with Gasteiger partial charge in [-0.15, -0.1) is 0 Å². The van der Waals surface area contributed by atoms with Gasteiger partial charge in [0.05, 0.1) is 6.04 Å². The number of aliphatic hydroxyl groups excluding tert-OH is 1. The lowest BCUT2D eigenvalue weighted by molar-refractivity contribution is 0.141. The molecule has 4 nitrogen and oxygen atoms in total. The van der Waals surface area contributed by atoms with Crippen LogP contribution in [0.2, 0.25) is 0 Å². The first-order valence-corrected chi connectivity index (χ1v) is 5.39. The molecule has 1 unspecified atom stereocenters. The smallest absolute Gasteiger partial charge is 0.410 e. The van der Waals surface area contributed by atoms with Crippen molar-refractivity contribution in [3.8, 4) is 0 Å². The van der Waals surface area contributed by atoms with E-state index in [0.717, 1.165) is 12.8 Å². The largest absolute Gasteiger partial charge is 0.447 e. The zero-order valence-corrected chi connectivity index (χ0v) is 8.32. The van der Waals surface area contributed by atoms with Crippen LogP contribution >= 0.6 is 0 Å². The minimum absolute atomic E-state index is 0.107. The summed E-state index contributed by atoms with van der Waals surface area (Å²) < 4.78 is 5.02. The molecule has 1 amide bonds. The minimum Gasteiger partial charge on any atom is -0.447 e. The van der Waals surface area contributed by atoms with Gasteiger partial charge in [0, 0.05) is 12.6 Å². The molecule has 4 heteroatoms. The topological polar surface area (TPSA) is 49.8 Å². The Morgan fingerprint density at radius 3 is 2.79 bits per heavy atom. The summed E-state index contributed by atoms with van der Waals surface area (Å²) in [6.45, 7) is 0.584. The fraction of sp³-hybridized carbons (Fsp3) is 0.900. The average molecular weight is 199 g/mol. The number of nitrogens with zero attached hydrogens (tertiary/aromatic N) is 1. The molecule has 1 N–H and O–H groups in total. The number of rotatable bonds is 3. The zero-order valence-electron chi connectivity index (χ0n) is 8.32. The predicted molar refractivity (Wildman–Crippen MR) is 50.9 cm³/mol. The fourth-order valence-electron chi connectivity index (χ4n) is 2.47. The monoisotopic (exact) mass is 199 g/mol. The lowest BCUT2D eigenvalue weighted by Crippen LogP contribution is -2.41.